The Labute approximate surface area is 90.3 Å². The van der Waals surface area contributed by atoms with Gasteiger partial charge in [0.25, 0.3) is 0 Å². The van der Waals surface area contributed by atoms with Crippen LogP contribution in [0.4, 0.5) is 0 Å². The summed E-state index contributed by atoms with van der Waals surface area (Å²) in [4.78, 5) is 0. The van der Waals surface area contributed by atoms with Crippen molar-refractivity contribution in [3.8, 4) is 0 Å². The molecule has 4 nitrogen and oxygen atoms in total. The van der Waals surface area contributed by atoms with Crippen LogP contribution in [0.15, 0.2) is 0 Å². The van der Waals surface area contributed by atoms with Crippen molar-refractivity contribution in [2.24, 2.45) is 5.92 Å². The number of aliphatic hydroxyl groups excluding tert-OH is 1. The van der Waals surface area contributed by atoms with Gasteiger partial charge in [0.15, 0.2) is 0 Å². The van der Waals surface area contributed by atoms with E-state index in [1.165, 1.54) is 25.7 Å². The Kier molecular flexibility index (Phi) is 3.36. The van der Waals surface area contributed by atoms with Crippen molar-refractivity contribution in [2.75, 3.05) is 0 Å². The lowest BCUT2D eigenvalue weighted by molar-refractivity contribution is 0.273. The van der Waals surface area contributed by atoms with Crippen LogP contribution in [-0.4, -0.2) is 20.1 Å². The number of aliphatic hydroxyl groups is 1. The lowest BCUT2D eigenvalue weighted by Gasteiger charge is -2.25. The Morgan fingerprint density at radius 1 is 1.47 bits per heavy atom. The smallest absolute Gasteiger partial charge is 0.111 e. The Morgan fingerprint density at radius 2 is 2.27 bits per heavy atom. The fourth-order valence-corrected chi connectivity index (χ4v) is 2.14. The summed E-state index contributed by atoms with van der Waals surface area (Å²) in [5, 5.41) is 17.2. The van der Waals surface area contributed by atoms with Gasteiger partial charge in [-0.15, -0.1) is 5.10 Å². The van der Waals surface area contributed by atoms with Crippen molar-refractivity contribution >= 4 is 0 Å². The molecule has 0 amide bonds. The topological polar surface area (TPSA) is 50.9 Å². The van der Waals surface area contributed by atoms with Gasteiger partial charge in [-0.2, -0.15) is 0 Å². The molecule has 1 aromatic heterocycles. The third-order valence-electron chi connectivity index (χ3n) is 3.38. The van der Waals surface area contributed by atoms with Gasteiger partial charge in [-0.3, -0.25) is 0 Å². The molecule has 0 aliphatic heterocycles. The molecular weight excluding hydrogens is 190 g/mol. The van der Waals surface area contributed by atoms with Crippen LogP contribution in [0.1, 0.15) is 44.0 Å². The first kappa shape index (κ1) is 10.6. The minimum absolute atomic E-state index is 0.00655. The number of nitrogens with zero attached hydrogens (tertiary/aromatic N) is 3. The number of hydrogen-bond acceptors (Lipinski definition) is 3. The summed E-state index contributed by atoms with van der Waals surface area (Å²) in [5.41, 5.74) is 1.84. The molecule has 1 N–H and O–H groups in total. The highest BCUT2D eigenvalue weighted by Gasteiger charge is 2.18. The molecule has 1 heterocycles. The Bertz CT molecular complexity index is 318. The molecule has 0 radical (unpaired) electrons. The molecule has 4 heteroatoms. The SMILES string of the molecule is CCc1c(CO)nnn1CCC1CCC1. The zero-order valence-electron chi connectivity index (χ0n) is 9.32. The van der Waals surface area contributed by atoms with Crippen LogP contribution in [0.25, 0.3) is 0 Å². The summed E-state index contributed by atoms with van der Waals surface area (Å²) in [6.45, 7) is 3.05. The van der Waals surface area contributed by atoms with E-state index in [1.807, 2.05) is 4.68 Å². The van der Waals surface area contributed by atoms with Crippen molar-refractivity contribution in [3.05, 3.63) is 11.4 Å². The summed E-state index contributed by atoms with van der Waals surface area (Å²) in [6, 6.07) is 0. The van der Waals surface area contributed by atoms with Crippen LogP contribution in [0.5, 0.6) is 0 Å². The Morgan fingerprint density at radius 3 is 2.80 bits per heavy atom. The monoisotopic (exact) mass is 209 g/mol. The van der Waals surface area contributed by atoms with E-state index < -0.39 is 0 Å². The van der Waals surface area contributed by atoms with E-state index in [-0.39, 0.29) is 6.61 Å². The summed E-state index contributed by atoms with van der Waals surface area (Å²) in [5.74, 6) is 0.900. The van der Waals surface area contributed by atoms with Crippen molar-refractivity contribution in [1.29, 1.82) is 0 Å². The fourth-order valence-electron chi connectivity index (χ4n) is 2.14. The summed E-state index contributed by atoms with van der Waals surface area (Å²) in [6.07, 6.45) is 6.26. The van der Waals surface area contributed by atoms with Crippen LogP contribution < -0.4 is 0 Å². The molecule has 1 aliphatic carbocycles. The van der Waals surface area contributed by atoms with Crippen LogP contribution >= 0.6 is 0 Å². The quantitative estimate of drug-likeness (QED) is 0.800. The molecule has 1 fully saturated rings. The van der Waals surface area contributed by atoms with Gasteiger partial charge < -0.3 is 5.11 Å². The fraction of sp³-hybridized carbons (Fsp3) is 0.818. The predicted octanol–water partition coefficient (Wildman–Crippen LogP) is 1.52. The highest BCUT2D eigenvalue weighted by Crippen LogP contribution is 2.29. The highest BCUT2D eigenvalue weighted by molar-refractivity contribution is 5.08. The molecule has 15 heavy (non-hydrogen) atoms. The van der Waals surface area contributed by atoms with Crippen LogP contribution in [-0.2, 0) is 19.6 Å². The molecule has 2 rings (SSSR count). The van der Waals surface area contributed by atoms with Crippen LogP contribution in [0.2, 0.25) is 0 Å². The molecule has 1 aliphatic rings. The van der Waals surface area contributed by atoms with E-state index in [4.69, 9.17) is 5.11 Å². The second kappa shape index (κ2) is 4.75. The maximum Gasteiger partial charge on any atom is 0.111 e. The van der Waals surface area contributed by atoms with Crippen molar-refractivity contribution in [2.45, 2.75) is 52.2 Å². The first-order valence-electron chi connectivity index (χ1n) is 5.87. The lowest BCUT2D eigenvalue weighted by atomic mass is 9.83. The Balaban J connectivity index is 1.96. The first-order chi connectivity index (χ1) is 7.35. The first-order valence-corrected chi connectivity index (χ1v) is 5.87. The van der Waals surface area contributed by atoms with E-state index in [0.717, 1.165) is 30.3 Å². The van der Waals surface area contributed by atoms with E-state index in [1.54, 1.807) is 0 Å². The molecule has 0 aromatic carbocycles. The van der Waals surface area contributed by atoms with Gasteiger partial charge in [0.05, 0.1) is 12.3 Å². The minimum Gasteiger partial charge on any atom is -0.390 e. The van der Waals surface area contributed by atoms with Gasteiger partial charge in [-0.1, -0.05) is 31.4 Å². The zero-order chi connectivity index (χ0) is 10.7. The number of rotatable bonds is 5. The zero-order valence-corrected chi connectivity index (χ0v) is 9.32. The normalized spacial score (nSPS) is 16.7. The summed E-state index contributed by atoms with van der Waals surface area (Å²) < 4.78 is 1.96. The predicted molar refractivity (Wildman–Crippen MR) is 57.3 cm³/mol. The van der Waals surface area contributed by atoms with Crippen molar-refractivity contribution in [3.63, 3.8) is 0 Å². The molecule has 0 bridgehead atoms. The van der Waals surface area contributed by atoms with Crippen molar-refractivity contribution in [1.82, 2.24) is 15.0 Å². The van der Waals surface area contributed by atoms with Gasteiger partial charge in [-0.05, 0) is 18.8 Å². The van der Waals surface area contributed by atoms with Gasteiger partial charge in [0.1, 0.15) is 5.69 Å². The third kappa shape index (κ3) is 2.20. The maximum absolute atomic E-state index is 9.08. The third-order valence-corrected chi connectivity index (χ3v) is 3.38. The highest BCUT2D eigenvalue weighted by atomic mass is 16.3. The average molecular weight is 209 g/mol. The van der Waals surface area contributed by atoms with E-state index in [0.29, 0.717) is 0 Å². The molecule has 0 saturated heterocycles. The summed E-state index contributed by atoms with van der Waals surface area (Å²) in [7, 11) is 0. The standard InChI is InChI=1S/C11H19N3O/c1-2-11-10(8-15)12-13-14(11)7-6-9-4-3-5-9/h9,15H,2-8H2,1H3. The average Bonchev–Trinajstić information content (AvgIpc) is 2.57. The minimum atomic E-state index is 0.00655. The van der Waals surface area contributed by atoms with Gasteiger partial charge in [0.2, 0.25) is 0 Å². The van der Waals surface area contributed by atoms with Gasteiger partial charge >= 0.3 is 0 Å². The molecule has 1 aromatic rings. The number of aryl methyl sites for hydroxylation is 1. The maximum atomic E-state index is 9.08. The largest absolute Gasteiger partial charge is 0.390 e. The number of hydrogen-bond donors (Lipinski definition) is 1. The van der Waals surface area contributed by atoms with E-state index in [2.05, 4.69) is 17.2 Å². The second-order valence-corrected chi connectivity index (χ2v) is 4.30. The molecule has 0 unspecified atom stereocenters. The second-order valence-electron chi connectivity index (χ2n) is 4.30. The van der Waals surface area contributed by atoms with Gasteiger partial charge in [-0.25, -0.2) is 4.68 Å². The molecule has 84 valence electrons. The van der Waals surface area contributed by atoms with E-state index in [9.17, 15) is 0 Å². The number of aromatic nitrogens is 3. The molecule has 0 spiro atoms. The molecular formula is C11H19N3O. The van der Waals surface area contributed by atoms with Gasteiger partial charge in [0, 0.05) is 6.54 Å². The van der Waals surface area contributed by atoms with Crippen LogP contribution in [0, 0.1) is 5.92 Å². The lowest BCUT2D eigenvalue weighted by Crippen LogP contribution is -2.15. The molecule has 1 saturated carbocycles. The molecule has 0 atom stereocenters. The Hall–Kier alpha value is -0.900. The summed E-state index contributed by atoms with van der Waals surface area (Å²) >= 11 is 0. The van der Waals surface area contributed by atoms with E-state index >= 15 is 0 Å². The van der Waals surface area contributed by atoms with Crippen LogP contribution in [0.3, 0.4) is 0 Å². The van der Waals surface area contributed by atoms with Crippen molar-refractivity contribution < 1.29 is 5.11 Å².